The SMILES string of the molecule is COc1ccc(OC)c(N2CC(=O)N(c3ccc(Cl)cc3)C(/C(C)=C/c3ccccc3)C2=O)c1. The number of hydrogen-bond acceptors (Lipinski definition) is 4. The van der Waals surface area contributed by atoms with Crippen molar-refractivity contribution in [3.8, 4) is 11.5 Å². The van der Waals surface area contributed by atoms with Crippen LogP contribution in [0.5, 0.6) is 11.5 Å². The Morgan fingerprint density at radius 3 is 2.32 bits per heavy atom. The van der Waals surface area contributed by atoms with Gasteiger partial charge in [-0.2, -0.15) is 0 Å². The predicted molar refractivity (Wildman–Crippen MR) is 135 cm³/mol. The van der Waals surface area contributed by atoms with E-state index in [1.54, 1.807) is 49.6 Å². The number of hydrogen-bond donors (Lipinski definition) is 0. The maximum absolute atomic E-state index is 14.0. The molecule has 3 aromatic rings. The predicted octanol–water partition coefficient (Wildman–Crippen LogP) is 5.21. The molecule has 34 heavy (non-hydrogen) atoms. The molecular formula is C27H25ClN2O4. The van der Waals surface area contributed by atoms with Crippen molar-refractivity contribution < 1.29 is 19.1 Å². The normalized spacial score (nSPS) is 16.6. The van der Waals surface area contributed by atoms with E-state index in [2.05, 4.69) is 0 Å². The van der Waals surface area contributed by atoms with Gasteiger partial charge in [0.15, 0.2) is 0 Å². The lowest BCUT2D eigenvalue weighted by Crippen LogP contribution is -2.61. The summed E-state index contributed by atoms with van der Waals surface area (Å²) < 4.78 is 10.8. The van der Waals surface area contributed by atoms with Crippen molar-refractivity contribution in [2.75, 3.05) is 30.6 Å². The van der Waals surface area contributed by atoms with Gasteiger partial charge in [0.2, 0.25) is 5.91 Å². The van der Waals surface area contributed by atoms with Crippen LogP contribution < -0.4 is 19.3 Å². The average molecular weight is 477 g/mol. The Morgan fingerprint density at radius 2 is 1.68 bits per heavy atom. The molecule has 0 spiro atoms. The average Bonchev–Trinajstić information content (AvgIpc) is 2.85. The number of ether oxygens (including phenoxy) is 2. The number of methoxy groups -OCH3 is 2. The van der Waals surface area contributed by atoms with Crippen LogP contribution in [0.25, 0.3) is 6.08 Å². The van der Waals surface area contributed by atoms with E-state index in [9.17, 15) is 9.59 Å². The van der Waals surface area contributed by atoms with E-state index in [-0.39, 0.29) is 18.4 Å². The fraction of sp³-hybridized carbons (Fsp3) is 0.185. The van der Waals surface area contributed by atoms with Crippen molar-refractivity contribution in [1.29, 1.82) is 0 Å². The Balaban J connectivity index is 1.83. The van der Waals surface area contributed by atoms with Gasteiger partial charge in [0.1, 0.15) is 24.1 Å². The van der Waals surface area contributed by atoms with Gasteiger partial charge in [-0.05, 0) is 54.5 Å². The van der Waals surface area contributed by atoms with E-state index in [0.29, 0.717) is 27.9 Å². The Labute approximate surface area is 204 Å². The zero-order valence-electron chi connectivity index (χ0n) is 19.2. The summed E-state index contributed by atoms with van der Waals surface area (Å²) in [7, 11) is 3.08. The highest BCUT2D eigenvalue weighted by Gasteiger charge is 2.42. The van der Waals surface area contributed by atoms with Crippen LogP contribution >= 0.6 is 11.6 Å². The Morgan fingerprint density at radius 1 is 0.971 bits per heavy atom. The van der Waals surface area contributed by atoms with Crippen molar-refractivity contribution in [2.24, 2.45) is 0 Å². The number of anilines is 2. The first-order valence-corrected chi connectivity index (χ1v) is 11.1. The van der Waals surface area contributed by atoms with Crippen LogP contribution in [0.4, 0.5) is 11.4 Å². The van der Waals surface area contributed by atoms with Crippen LogP contribution in [-0.2, 0) is 9.59 Å². The van der Waals surface area contributed by atoms with Crippen molar-refractivity contribution in [1.82, 2.24) is 0 Å². The van der Waals surface area contributed by atoms with Crippen molar-refractivity contribution in [3.63, 3.8) is 0 Å². The van der Waals surface area contributed by atoms with Gasteiger partial charge in [-0.3, -0.25) is 19.4 Å². The molecule has 3 aromatic carbocycles. The van der Waals surface area contributed by atoms with Crippen molar-refractivity contribution >= 4 is 40.9 Å². The quantitative estimate of drug-likeness (QED) is 0.490. The second kappa shape index (κ2) is 10.0. The number of carbonyl (C=O) groups excluding carboxylic acids is 2. The Bertz CT molecular complexity index is 1230. The van der Waals surface area contributed by atoms with Crippen LogP contribution in [-0.4, -0.2) is 38.6 Å². The summed E-state index contributed by atoms with van der Waals surface area (Å²) in [5.41, 5.74) is 2.75. The summed E-state index contributed by atoms with van der Waals surface area (Å²) in [5.74, 6) is 0.568. The maximum Gasteiger partial charge on any atom is 0.255 e. The van der Waals surface area contributed by atoms with Crippen LogP contribution in [0.15, 0.2) is 78.4 Å². The lowest BCUT2D eigenvalue weighted by atomic mass is 9.98. The lowest BCUT2D eigenvalue weighted by Gasteiger charge is -2.41. The number of amides is 2. The molecule has 1 aliphatic rings. The number of halogens is 1. The summed E-state index contributed by atoms with van der Waals surface area (Å²) >= 11 is 6.07. The summed E-state index contributed by atoms with van der Waals surface area (Å²) in [6.07, 6.45) is 1.92. The minimum Gasteiger partial charge on any atom is -0.497 e. The lowest BCUT2D eigenvalue weighted by molar-refractivity contribution is -0.127. The standard InChI is InChI=1S/C27H25ClN2O4/c1-18(15-19-7-5-4-6-8-19)26-27(32)29(23-16-22(33-2)13-14-24(23)34-3)17-25(31)30(26)21-11-9-20(28)10-12-21/h4-16,26H,17H2,1-3H3/b18-15+. The third-order valence-corrected chi connectivity index (χ3v) is 5.98. The second-order valence-electron chi connectivity index (χ2n) is 7.90. The molecule has 0 aliphatic carbocycles. The number of rotatable bonds is 6. The molecule has 0 saturated carbocycles. The molecule has 0 N–H and O–H groups in total. The molecular weight excluding hydrogens is 452 g/mol. The van der Waals surface area contributed by atoms with Crippen LogP contribution in [0.1, 0.15) is 12.5 Å². The van der Waals surface area contributed by atoms with Crippen molar-refractivity contribution in [2.45, 2.75) is 13.0 Å². The minimum atomic E-state index is -0.849. The monoisotopic (exact) mass is 476 g/mol. The largest absolute Gasteiger partial charge is 0.497 e. The van der Waals surface area contributed by atoms with Gasteiger partial charge >= 0.3 is 0 Å². The minimum absolute atomic E-state index is 0.139. The van der Waals surface area contributed by atoms with E-state index < -0.39 is 6.04 Å². The highest BCUT2D eigenvalue weighted by atomic mass is 35.5. The molecule has 4 rings (SSSR count). The summed E-state index contributed by atoms with van der Waals surface area (Å²) in [6.45, 7) is 1.72. The molecule has 6 nitrogen and oxygen atoms in total. The zero-order chi connectivity index (χ0) is 24.2. The van der Waals surface area contributed by atoms with Gasteiger partial charge in [0, 0.05) is 16.8 Å². The fourth-order valence-electron chi connectivity index (χ4n) is 4.09. The highest BCUT2D eigenvalue weighted by molar-refractivity contribution is 6.30. The molecule has 0 bridgehead atoms. The van der Waals surface area contributed by atoms with Crippen LogP contribution in [0.3, 0.4) is 0 Å². The Hall–Kier alpha value is -3.77. The van der Waals surface area contributed by atoms with Crippen LogP contribution in [0, 0.1) is 0 Å². The topological polar surface area (TPSA) is 59.1 Å². The Kier molecular flexibility index (Phi) is 6.89. The molecule has 1 fully saturated rings. The number of nitrogens with zero attached hydrogens (tertiary/aromatic N) is 2. The van der Waals surface area contributed by atoms with Gasteiger partial charge in [0.25, 0.3) is 5.91 Å². The first-order chi connectivity index (χ1) is 16.4. The number of benzene rings is 3. The molecule has 1 atom stereocenters. The van der Waals surface area contributed by atoms with Crippen LogP contribution in [0.2, 0.25) is 5.02 Å². The summed E-state index contributed by atoms with van der Waals surface area (Å²) in [4.78, 5) is 30.5. The van der Waals surface area contributed by atoms with E-state index in [4.69, 9.17) is 21.1 Å². The van der Waals surface area contributed by atoms with E-state index >= 15 is 0 Å². The van der Waals surface area contributed by atoms with Gasteiger partial charge < -0.3 is 9.47 Å². The first kappa shape index (κ1) is 23.4. The molecule has 1 unspecified atom stereocenters. The van der Waals surface area contributed by atoms with Gasteiger partial charge in [-0.15, -0.1) is 0 Å². The third kappa shape index (κ3) is 4.63. The molecule has 1 saturated heterocycles. The number of piperazine rings is 1. The molecule has 174 valence electrons. The van der Waals surface area contributed by atoms with E-state index in [1.165, 1.54) is 16.9 Å². The molecule has 7 heteroatoms. The molecule has 1 aliphatic heterocycles. The third-order valence-electron chi connectivity index (χ3n) is 5.73. The first-order valence-electron chi connectivity index (χ1n) is 10.8. The van der Waals surface area contributed by atoms with Gasteiger partial charge in [-0.25, -0.2) is 0 Å². The van der Waals surface area contributed by atoms with Crippen molar-refractivity contribution in [3.05, 3.63) is 89.0 Å². The molecule has 0 radical (unpaired) electrons. The fourth-order valence-corrected chi connectivity index (χ4v) is 4.21. The molecule has 2 amide bonds. The van der Waals surface area contributed by atoms with Gasteiger partial charge in [-0.1, -0.05) is 48.0 Å². The van der Waals surface area contributed by atoms with Gasteiger partial charge in [0.05, 0.1) is 19.9 Å². The summed E-state index contributed by atoms with van der Waals surface area (Å²) in [6, 6.07) is 20.9. The number of carbonyl (C=O) groups is 2. The van der Waals surface area contributed by atoms with E-state index in [0.717, 1.165) is 11.1 Å². The summed E-state index contributed by atoms with van der Waals surface area (Å²) in [5, 5.41) is 0.551. The maximum atomic E-state index is 14.0. The highest BCUT2D eigenvalue weighted by Crippen LogP contribution is 2.36. The molecule has 1 heterocycles. The smallest absolute Gasteiger partial charge is 0.255 e. The van der Waals surface area contributed by atoms with E-state index in [1.807, 2.05) is 43.3 Å². The second-order valence-corrected chi connectivity index (χ2v) is 8.34. The molecule has 0 aromatic heterocycles. The zero-order valence-corrected chi connectivity index (χ0v) is 20.0.